The third-order valence-corrected chi connectivity index (χ3v) is 5.00. The largest absolute Gasteiger partial charge is 0.468 e. The Morgan fingerprint density at radius 1 is 1.39 bits per heavy atom. The van der Waals surface area contributed by atoms with Crippen molar-refractivity contribution >= 4 is 16.8 Å². The first-order valence-corrected chi connectivity index (χ1v) is 7.27. The molecule has 98 valence electrons. The molecule has 1 saturated heterocycles. The van der Waals surface area contributed by atoms with Crippen molar-refractivity contribution in [3.05, 3.63) is 35.9 Å². The summed E-state index contributed by atoms with van der Waals surface area (Å²) >= 11 is 0. The van der Waals surface area contributed by atoms with Gasteiger partial charge in [-0.05, 0) is 12.5 Å². The molecule has 0 amide bonds. The zero-order valence-corrected chi connectivity index (χ0v) is 11.3. The molecule has 2 rings (SSSR count). The highest BCUT2D eigenvalue weighted by Crippen LogP contribution is 2.25. The predicted octanol–water partition coefficient (Wildman–Crippen LogP) is 1.01. The first kappa shape index (κ1) is 13.2. The summed E-state index contributed by atoms with van der Waals surface area (Å²) in [4.78, 5) is 11.6. The fraction of sp³-hybridized carbons (Fsp3) is 0.462. The lowest BCUT2D eigenvalue weighted by Gasteiger charge is -2.34. The van der Waals surface area contributed by atoms with Gasteiger partial charge in [-0.25, -0.2) is 0 Å². The van der Waals surface area contributed by atoms with Crippen LogP contribution >= 0.6 is 0 Å². The van der Waals surface area contributed by atoms with Gasteiger partial charge in [-0.15, -0.1) is 0 Å². The molecule has 0 saturated carbocycles. The summed E-state index contributed by atoms with van der Waals surface area (Å²) in [6, 6.07) is 9.20. The van der Waals surface area contributed by atoms with Crippen LogP contribution in [0.15, 0.2) is 30.3 Å². The minimum Gasteiger partial charge on any atom is -0.468 e. The maximum atomic E-state index is 12.1. The van der Waals surface area contributed by atoms with Crippen molar-refractivity contribution < 1.29 is 13.7 Å². The fourth-order valence-corrected chi connectivity index (χ4v) is 3.58. The van der Waals surface area contributed by atoms with Crippen molar-refractivity contribution in [2.45, 2.75) is 24.3 Å². The maximum absolute atomic E-state index is 12.1. The first-order chi connectivity index (χ1) is 8.63. The molecule has 0 aromatic heterocycles. The van der Waals surface area contributed by atoms with E-state index in [1.165, 1.54) is 7.11 Å². The molecule has 0 spiro atoms. The van der Waals surface area contributed by atoms with E-state index >= 15 is 0 Å². The lowest BCUT2D eigenvalue weighted by molar-refractivity contribution is -0.142. The number of carbonyl (C=O) groups excluding carboxylic acids is 1. The van der Waals surface area contributed by atoms with Gasteiger partial charge < -0.3 is 4.74 Å². The molecule has 1 aromatic carbocycles. The summed E-state index contributed by atoms with van der Waals surface area (Å²) in [5.41, 5.74) is 1.05. The Balaban J connectivity index is 2.23. The van der Waals surface area contributed by atoms with Crippen molar-refractivity contribution in [3.8, 4) is 0 Å². The number of rotatable bonds is 2. The average molecular weight is 267 g/mol. The van der Waals surface area contributed by atoms with E-state index in [0.717, 1.165) is 5.56 Å². The van der Waals surface area contributed by atoms with Gasteiger partial charge in [0.2, 0.25) is 0 Å². The zero-order chi connectivity index (χ0) is 13.1. The number of carbonyl (C=O) groups is 1. The second kappa shape index (κ2) is 5.63. The van der Waals surface area contributed by atoms with Crippen molar-refractivity contribution in [2.75, 3.05) is 12.9 Å². The third kappa shape index (κ3) is 2.62. The van der Waals surface area contributed by atoms with Crippen LogP contribution in [0.5, 0.6) is 0 Å². The Morgan fingerprint density at radius 3 is 2.67 bits per heavy atom. The third-order valence-electron chi connectivity index (χ3n) is 3.24. The predicted molar refractivity (Wildman–Crippen MR) is 70.6 cm³/mol. The molecule has 4 nitrogen and oxygen atoms in total. The van der Waals surface area contributed by atoms with Gasteiger partial charge in [-0.2, -0.15) is 0 Å². The summed E-state index contributed by atoms with van der Waals surface area (Å²) < 4.78 is 16.8. The normalized spacial score (nSPS) is 31.9. The molecule has 1 aliphatic heterocycles. The molecule has 4 unspecified atom stereocenters. The van der Waals surface area contributed by atoms with E-state index in [1.54, 1.807) is 0 Å². The number of methoxy groups -OCH3 is 1. The average Bonchev–Trinajstić information content (AvgIpc) is 2.41. The minimum atomic E-state index is -1.03. The molecule has 5 heteroatoms. The number of ether oxygens (including phenoxy) is 1. The topological polar surface area (TPSA) is 55.4 Å². The summed E-state index contributed by atoms with van der Waals surface area (Å²) in [5, 5.41) is 3.21. The van der Waals surface area contributed by atoms with Gasteiger partial charge in [0.05, 0.1) is 18.1 Å². The van der Waals surface area contributed by atoms with Gasteiger partial charge in [-0.1, -0.05) is 30.3 Å². The highest BCUT2D eigenvalue weighted by atomic mass is 32.2. The van der Waals surface area contributed by atoms with E-state index in [2.05, 4.69) is 5.32 Å². The van der Waals surface area contributed by atoms with Crippen LogP contribution in [0.1, 0.15) is 18.5 Å². The fourth-order valence-electron chi connectivity index (χ4n) is 2.17. The Labute approximate surface area is 109 Å². The quantitative estimate of drug-likeness (QED) is 0.813. The summed E-state index contributed by atoms with van der Waals surface area (Å²) in [7, 11) is 0.319. The van der Waals surface area contributed by atoms with Gasteiger partial charge >= 0.3 is 5.97 Å². The van der Waals surface area contributed by atoms with Crippen LogP contribution in [-0.4, -0.2) is 34.3 Å². The molecule has 1 aliphatic rings. The maximum Gasteiger partial charge on any atom is 0.323 e. The Morgan fingerprint density at radius 2 is 2.06 bits per heavy atom. The molecule has 18 heavy (non-hydrogen) atoms. The Kier molecular flexibility index (Phi) is 4.14. The van der Waals surface area contributed by atoms with Crippen molar-refractivity contribution in [3.63, 3.8) is 0 Å². The molecular formula is C13H17NO3S. The lowest BCUT2D eigenvalue weighted by atomic mass is 10.0. The van der Waals surface area contributed by atoms with E-state index in [4.69, 9.17) is 4.74 Å². The molecular weight excluding hydrogens is 250 g/mol. The molecule has 1 fully saturated rings. The summed E-state index contributed by atoms with van der Waals surface area (Å²) in [6.45, 7) is 1.94. The van der Waals surface area contributed by atoms with Gasteiger partial charge in [0.15, 0.2) is 0 Å². The molecule has 0 radical (unpaired) electrons. The van der Waals surface area contributed by atoms with E-state index in [1.807, 2.05) is 37.3 Å². The number of hydrogen-bond acceptors (Lipinski definition) is 4. The second-order valence-corrected chi connectivity index (χ2v) is 6.22. The van der Waals surface area contributed by atoms with E-state index < -0.39 is 16.8 Å². The summed E-state index contributed by atoms with van der Waals surface area (Å²) in [6.07, 6.45) is 0. The van der Waals surface area contributed by atoms with E-state index in [0.29, 0.717) is 5.75 Å². The van der Waals surface area contributed by atoms with Crippen LogP contribution in [0.2, 0.25) is 0 Å². The number of esters is 1. The van der Waals surface area contributed by atoms with Gasteiger partial charge in [0.25, 0.3) is 0 Å². The van der Waals surface area contributed by atoms with Crippen molar-refractivity contribution in [2.24, 2.45) is 0 Å². The SMILES string of the molecule is COC(=O)C1CS(=O)C(C)C(c2ccccc2)N1. The Bertz CT molecular complexity index is 449. The molecule has 1 aromatic rings. The standard InChI is InChI=1S/C13H17NO3S/c1-9-12(10-6-4-3-5-7-10)14-11(8-18(9)16)13(15)17-2/h3-7,9,11-12,14H,8H2,1-2H3. The first-order valence-electron chi connectivity index (χ1n) is 5.89. The molecule has 0 bridgehead atoms. The van der Waals surface area contributed by atoms with Crippen LogP contribution in [0.3, 0.4) is 0 Å². The monoisotopic (exact) mass is 267 g/mol. The van der Waals surface area contributed by atoms with Crippen LogP contribution in [-0.2, 0) is 20.3 Å². The smallest absolute Gasteiger partial charge is 0.323 e. The number of hydrogen-bond donors (Lipinski definition) is 1. The van der Waals surface area contributed by atoms with Crippen LogP contribution < -0.4 is 5.32 Å². The van der Waals surface area contributed by atoms with Crippen LogP contribution in [0.4, 0.5) is 0 Å². The van der Waals surface area contributed by atoms with Crippen molar-refractivity contribution in [1.29, 1.82) is 0 Å². The van der Waals surface area contributed by atoms with E-state index in [9.17, 15) is 9.00 Å². The van der Waals surface area contributed by atoms with E-state index in [-0.39, 0.29) is 17.3 Å². The van der Waals surface area contributed by atoms with Crippen LogP contribution in [0.25, 0.3) is 0 Å². The highest BCUT2D eigenvalue weighted by Gasteiger charge is 2.36. The minimum absolute atomic E-state index is 0.0201. The van der Waals surface area contributed by atoms with Gasteiger partial charge in [-0.3, -0.25) is 14.3 Å². The Hall–Kier alpha value is -1.20. The van der Waals surface area contributed by atoms with Gasteiger partial charge in [0, 0.05) is 16.8 Å². The molecule has 1 heterocycles. The van der Waals surface area contributed by atoms with Crippen molar-refractivity contribution in [1.82, 2.24) is 5.32 Å². The number of benzene rings is 1. The molecule has 4 atom stereocenters. The van der Waals surface area contributed by atoms with Crippen LogP contribution in [0, 0.1) is 0 Å². The number of nitrogens with one attached hydrogen (secondary N) is 1. The second-order valence-electron chi connectivity index (χ2n) is 4.38. The zero-order valence-electron chi connectivity index (χ0n) is 10.5. The summed E-state index contributed by atoms with van der Waals surface area (Å²) in [5.74, 6) is -0.0341. The molecule has 1 N–H and O–H groups in total. The lowest BCUT2D eigenvalue weighted by Crippen LogP contribution is -2.53. The highest BCUT2D eigenvalue weighted by molar-refractivity contribution is 7.85. The van der Waals surface area contributed by atoms with Gasteiger partial charge in [0.1, 0.15) is 6.04 Å². The molecule has 0 aliphatic carbocycles.